The van der Waals surface area contributed by atoms with Gasteiger partial charge in [0.25, 0.3) is 0 Å². The lowest BCUT2D eigenvalue weighted by atomic mass is 9.80. The molecule has 0 aliphatic heterocycles. The third-order valence-corrected chi connectivity index (χ3v) is 5.42. The van der Waals surface area contributed by atoms with Gasteiger partial charge in [0.1, 0.15) is 5.92 Å². The SMILES string of the molecule is CC(C)(C)C(C(=O)O)C(=O)NC1C2C3CCC(C3)C12. The Morgan fingerprint density at radius 3 is 2.11 bits per heavy atom. The van der Waals surface area contributed by atoms with Gasteiger partial charge < -0.3 is 10.4 Å². The Hall–Kier alpha value is -1.06. The van der Waals surface area contributed by atoms with E-state index in [4.69, 9.17) is 0 Å². The summed E-state index contributed by atoms with van der Waals surface area (Å²) in [5.41, 5.74) is -0.543. The second kappa shape index (κ2) is 3.97. The minimum atomic E-state index is -1.02. The van der Waals surface area contributed by atoms with Crippen LogP contribution in [0.5, 0.6) is 0 Å². The molecule has 19 heavy (non-hydrogen) atoms. The zero-order valence-corrected chi connectivity index (χ0v) is 11.8. The van der Waals surface area contributed by atoms with Gasteiger partial charge in [-0.1, -0.05) is 20.8 Å². The quantitative estimate of drug-likeness (QED) is 0.766. The van der Waals surface area contributed by atoms with Crippen molar-refractivity contribution in [2.45, 2.75) is 46.1 Å². The van der Waals surface area contributed by atoms with Crippen LogP contribution in [0.25, 0.3) is 0 Å². The van der Waals surface area contributed by atoms with Crippen LogP contribution in [0.1, 0.15) is 40.0 Å². The summed E-state index contributed by atoms with van der Waals surface area (Å²) in [6, 6.07) is 0.267. The Balaban J connectivity index is 1.65. The number of carbonyl (C=O) groups is 2. The molecule has 2 bridgehead atoms. The monoisotopic (exact) mass is 265 g/mol. The van der Waals surface area contributed by atoms with Gasteiger partial charge in [0.05, 0.1) is 0 Å². The van der Waals surface area contributed by atoms with Gasteiger partial charge in [-0.05, 0) is 48.3 Å². The number of hydrogen-bond donors (Lipinski definition) is 2. The highest BCUT2D eigenvalue weighted by atomic mass is 16.4. The first kappa shape index (κ1) is 12.9. The molecule has 0 aromatic carbocycles. The van der Waals surface area contributed by atoms with Gasteiger partial charge in [0.2, 0.25) is 5.91 Å². The summed E-state index contributed by atoms with van der Waals surface area (Å²) >= 11 is 0. The summed E-state index contributed by atoms with van der Waals surface area (Å²) in [4.78, 5) is 23.6. The number of carboxylic acid groups (broad SMARTS) is 1. The molecule has 0 aromatic heterocycles. The maximum absolute atomic E-state index is 12.3. The summed E-state index contributed by atoms with van der Waals surface area (Å²) in [6.07, 6.45) is 3.95. The van der Waals surface area contributed by atoms with Crippen molar-refractivity contribution in [1.29, 1.82) is 0 Å². The van der Waals surface area contributed by atoms with Crippen LogP contribution in [0.15, 0.2) is 0 Å². The van der Waals surface area contributed by atoms with Crippen molar-refractivity contribution >= 4 is 11.9 Å². The molecule has 3 aliphatic carbocycles. The summed E-state index contributed by atoms with van der Waals surface area (Å²) < 4.78 is 0. The number of carboxylic acids is 1. The number of aliphatic carboxylic acids is 1. The molecule has 0 saturated heterocycles. The van der Waals surface area contributed by atoms with Crippen LogP contribution in [-0.4, -0.2) is 23.0 Å². The van der Waals surface area contributed by atoms with Crippen LogP contribution in [0.4, 0.5) is 0 Å². The lowest BCUT2D eigenvalue weighted by molar-refractivity contribution is -0.151. The Morgan fingerprint density at radius 2 is 1.68 bits per heavy atom. The molecule has 4 nitrogen and oxygen atoms in total. The molecule has 3 fully saturated rings. The average molecular weight is 265 g/mol. The zero-order chi connectivity index (χ0) is 13.9. The van der Waals surface area contributed by atoms with Crippen LogP contribution in [0.3, 0.4) is 0 Å². The average Bonchev–Trinajstić information content (AvgIpc) is 2.68. The van der Waals surface area contributed by atoms with Gasteiger partial charge in [-0.2, -0.15) is 0 Å². The van der Waals surface area contributed by atoms with Crippen LogP contribution < -0.4 is 5.32 Å². The molecule has 0 aromatic rings. The Labute approximate surface area is 113 Å². The molecule has 3 saturated carbocycles. The van der Waals surface area contributed by atoms with Gasteiger partial charge in [-0.15, -0.1) is 0 Å². The normalized spacial score (nSPS) is 40.7. The highest BCUT2D eigenvalue weighted by Crippen LogP contribution is 2.65. The fourth-order valence-corrected chi connectivity index (χ4v) is 4.64. The zero-order valence-electron chi connectivity index (χ0n) is 11.8. The highest BCUT2D eigenvalue weighted by Gasteiger charge is 2.65. The summed E-state index contributed by atoms with van der Waals surface area (Å²) in [5.74, 6) is 0.620. The Kier molecular flexibility index (Phi) is 2.70. The van der Waals surface area contributed by atoms with E-state index in [1.165, 1.54) is 19.3 Å². The Morgan fingerprint density at radius 1 is 1.16 bits per heavy atom. The smallest absolute Gasteiger partial charge is 0.316 e. The van der Waals surface area contributed by atoms with Gasteiger partial charge in [0, 0.05) is 6.04 Å². The topological polar surface area (TPSA) is 66.4 Å². The molecule has 0 heterocycles. The number of hydrogen-bond acceptors (Lipinski definition) is 2. The molecule has 0 spiro atoms. The van der Waals surface area contributed by atoms with E-state index in [1.54, 1.807) is 0 Å². The van der Waals surface area contributed by atoms with Crippen molar-refractivity contribution in [3.05, 3.63) is 0 Å². The van der Waals surface area contributed by atoms with Crippen molar-refractivity contribution in [1.82, 2.24) is 5.32 Å². The van der Waals surface area contributed by atoms with E-state index in [2.05, 4.69) is 5.32 Å². The molecule has 3 aliphatic rings. The molecular formula is C15H23NO3. The molecule has 3 rings (SSSR count). The van der Waals surface area contributed by atoms with Gasteiger partial charge >= 0.3 is 5.97 Å². The summed E-state index contributed by atoms with van der Waals surface area (Å²) in [6.45, 7) is 5.42. The van der Waals surface area contributed by atoms with E-state index in [0.29, 0.717) is 11.8 Å². The van der Waals surface area contributed by atoms with Crippen molar-refractivity contribution in [3.8, 4) is 0 Å². The second-order valence-corrected chi connectivity index (χ2v) is 7.66. The van der Waals surface area contributed by atoms with Crippen molar-refractivity contribution in [2.24, 2.45) is 35.0 Å². The number of amides is 1. The number of nitrogens with one attached hydrogen (secondary N) is 1. The van der Waals surface area contributed by atoms with Gasteiger partial charge in [0.15, 0.2) is 0 Å². The third kappa shape index (κ3) is 1.96. The second-order valence-electron chi connectivity index (χ2n) is 7.66. The first-order valence-corrected chi connectivity index (χ1v) is 7.34. The lowest BCUT2D eigenvalue weighted by Crippen LogP contribution is -2.44. The van der Waals surface area contributed by atoms with E-state index < -0.39 is 17.3 Å². The van der Waals surface area contributed by atoms with E-state index in [1.807, 2.05) is 20.8 Å². The third-order valence-electron chi connectivity index (χ3n) is 5.42. The fourth-order valence-electron chi connectivity index (χ4n) is 4.64. The molecule has 106 valence electrons. The van der Waals surface area contributed by atoms with Crippen LogP contribution >= 0.6 is 0 Å². The molecule has 2 N–H and O–H groups in total. The number of rotatable bonds is 3. The maximum Gasteiger partial charge on any atom is 0.316 e. The standard InChI is InChI=1S/C15H23NO3/c1-15(2,3)11(14(18)19)13(17)16-12-9-7-4-5-8(6-7)10(9)12/h7-12H,4-6H2,1-3H3,(H,16,17)(H,18,19). The molecule has 4 heteroatoms. The first-order chi connectivity index (χ1) is 8.80. The van der Waals surface area contributed by atoms with E-state index in [-0.39, 0.29) is 11.9 Å². The number of fused-ring (bicyclic) bond motifs is 5. The molecule has 5 atom stereocenters. The lowest BCUT2D eigenvalue weighted by Gasteiger charge is -2.26. The van der Waals surface area contributed by atoms with Crippen molar-refractivity contribution in [2.75, 3.05) is 0 Å². The summed E-state index contributed by atoms with van der Waals surface area (Å²) in [7, 11) is 0. The minimum absolute atomic E-state index is 0.267. The van der Waals surface area contributed by atoms with Crippen LogP contribution in [0, 0.1) is 35.0 Å². The maximum atomic E-state index is 12.3. The first-order valence-electron chi connectivity index (χ1n) is 7.34. The number of carbonyl (C=O) groups excluding carboxylic acids is 1. The molecule has 0 radical (unpaired) electrons. The highest BCUT2D eigenvalue weighted by molar-refractivity contribution is 5.98. The van der Waals surface area contributed by atoms with Crippen molar-refractivity contribution in [3.63, 3.8) is 0 Å². The fraction of sp³-hybridized carbons (Fsp3) is 0.867. The minimum Gasteiger partial charge on any atom is -0.481 e. The predicted octanol–water partition coefficient (Wildman–Crippen LogP) is 1.89. The predicted molar refractivity (Wildman–Crippen MR) is 70.3 cm³/mol. The summed E-state index contributed by atoms with van der Waals surface area (Å²) in [5, 5.41) is 12.3. The van der Waals surface area contributed by atoms with Crippen molar-refractivity contribution < 1.29 is 14.7 Å². The van der Waals surface area contributed by atoms with Gasteiger partial charge in [-0.25, -0.2) is 0 Å². The molecule has 5 unspecified atom stereocenters. The van der Waals surface area contributed by atoms with Crippen LogP contribution in [0.2, 0.25) is 0 Å². The Bertz CT molecular complexity index is 410. The van der Waals surface area contributed by atoms with Gasteiger partial charge in [-0.3, -0.25) is 9.59 Å². The van der Waals surface area contributed by atoms with E-state index >= 15 is 0 Å². The van der Waals surface area contributed by atoms with Crippen LogP contribution in [-0.2, 0) is 9.59 Å². The largest absolute Gasteiger partial charge is 0.481 e. The molecular weight excluding hydrogens is 242 g/mol. The molecule has 1 amide bonds. The van der Waals surface area contributed by atoms with E-state index in [9.17, 15) is 14.7 Å². The van der Waals surface area contributed by atoms with E-state index in [0.717, 1.165) is 11.8 Å².